The molecule has 27 heavy (non-hydrogen) atoms. The highest BCUT2D eigenvalue weighted by atomic mass is 35.5. The van der Waals surface area contributed by atoms with Crippen LogP contribution >= 0.6 is 23.2 Å². The first kappa shape index (κ1) is 17.8. The Morgan fingerprint density at radius 3 is 2.59 bits per heavy atom. The molecule has 1 N–H and O–H groups in total. The number of rotatable bonds is 4. The molecule has 4 rings (SSSR count). The van der Waals surface area contributed by atoms with Gasteiger partial charge >= 0.3 is 0 Å². The van der Waals surface area contributed by atoms with Crippen molar-refractivity contribution in [2.24, 2.45) is 0 Å². The number of pyridine rings is 1. The minimum atomic E-state index is -0.289. The van der Waals surface area contributed by atoms with Gasteiger partial charge in [-0.1, -0.05) is 29.3 Å². The first-order valence-corrected chi connectivity index (χ1v) is 9.36. The maximum absolute atomic E-state index is 12.3. The zero-order valence-electron chi connectivity index (χ0n) is 14.3. The number of anilines is 1. The number of halogens is 2. The number of hydrogen-bond donors (Lipinski definition) is 1. The number of aromatic nitrogens is 1. The van der Waals surface area contributed by atoms with Gasteiger partial charge in [0.1, 0.15) is 5.75 Å². The fraction of sp³-hybridized carbons (Fsp3) is 0.143. The smallest absolute Gasteiger partial charge is 0.255 e. The molecule has 0 fully saturated rings. The van der Waals surface area contributed by atoms with E-state index in [-0.39, 0.29) is 5.91 Å². The van der Waals surface area contributed by atoms with Gasteiger partial charge in [0.05, 0.1) is 21.9 Å². The van der Waals surface area contributed by atoms with E-state index in [0.717, 1.165) is 18.6 Å². The summed E-state index contributed by atoms with van der Waals surface area (Å²) in [7, 11) is 0. The molecule has 2 aromatic carbocycles. The number of nitrogens with one attached hydrogen (secondary N) is 1. The van der Waals surface area contributed by atoms with Gasteiger partial charge in [-0.15, -0.1) is 0 Å². The van der Waals surface area contributed by atoms with Crippen molar-refractivity contribution in [2.75, 3.05) is 5.32 Å². The normalized spacial score (nSPS) is 12.5. The van der Waals surface area contributed by atoms with Crippen LogP contribution in [0.25, 0.3) is 0 Å². The van der Waals surface area contributed by atoms with Crippen molar-refractivity contribution in [3.8, 4) is 11.6 Å². The van der Waals surface area contributed by atoms with Crippen molar-refractivity contribution < 1.29 is 9.53 Å². The molecule has 0 saturated heterocycles. The molecule has 1 heterocycles. The first-order chi connectivity index (χ1) is 13.1. The molecular weight excluding hydrogens is 383 g/mol. The van der Waals surface area contributed by atoms with Gasteiger partial charge in [0.2, 0.25) is 5.88 Å². The molecule has 3 aromatic rings. The second-order valence-corrected chi connectivity index (χ2v) is 7.17. The lowest BCUT2D eigenvalue weighted by molar-refractivity contribution is 0.102. The lowest BCUT2D eigenvalue weighted by Gasteiger charge is -2.09. The minimum absolute atomic E-state index is 0.289. The third-order valence-electron chi connectivity index (χ3n) is 4.47. The maximum Gasteiger partial charge on any atom is 0.255 e. The number of hydrogen-bond acceptors (Lipinski definition) is 3. The number of benzene rings is 2. The van der Waals surface area contributed by atoms with Gasteiger partial charge in [0, 0.05) is 11.6 Å². The fourth-order valence-electron chi connectivity index (χ4n) is 3.09. The predicted molar refractivity (Wildman–Crippen MR) is 107 cm³/mol. The Balaban J connectivity index is 1.42. The molecule has 0 bridgehead atoms. The van der Waals surface area contributed by atoms with Crippen molar-refractivity contribution in [1.82, 2.24) is 4.98 Å². The summed E-state index contributed by atoms with van der Waals surface area (Å²) < 4.78 is 5.82. The summed E-state index contributed by atoms with van der Waals surface area (Å²) in [6.45, 7) is 0. The third-order valence-corrected chi connectivity index (χ3v) is 5.21. The van der Waals surface area contributed by atoms with Crippen molar-refractivity contribution in [3.05, 3.63) is 81.5 Å². The maximum atomic E-state index is 12.3. The minimum Gasteiger partial charge on any atom is -0.439 e. The van der Waals surface area contributed by atoms with E-state index < -0.39 is 0 Å². The molecule has 136 valence electrons. The lowest BCUT2D eigenvalue weighted by Crippen LogP contribution is -2.12. The number of ether oxygens (including phenoxy) is 1. The molecule has 0 aliphatic heterocycles. The molecule has 1 aliphatic rings. The van der Waals surface area contributed by atoms with E-state index in [1.807, 2.05) is 6.07 Å². The standard InChI is InChI=1S/C21H16Cl2N2O2/c22-18-8-5-15(11-19(18)23)21(26)25-16-6-9-20(24-12-16)27-17-7-4-13-2-1-3-14(13)10-17/h4-12H,1-3H2,(H,25,26). The average Bonchev–Trinajstić information content (AvgIpc) is 3.13. The summed E-state index contributed by atoms with van der Waals surface area (Å²) in [4.78, 5) is 16.6. The topological polar surface area (TPSA) is 51.2 Å². The zero-order valence-corrected chi connectivity index (χ0v) is 15.8. The van der Waals surface area contributed by atoms with Crippen molar-refractivity contribution in [1.29, 1.82) is 0 Å². The van der Waals surface area contributed by atoms with Crippen LogP contribution in [0.5, 0.6) is 11.6 Å². The van der Waals surface area contributed by atoms with Crippen LogP contribution in [0.1, 0.15) is 27.9 Å². The highest BCUT2D eigenvalue weighted by molar-refractivity contribution is 6.42. The second-order valence-electron chi connectivity index (χ2n) is 6.35. The Morgan fingerprint density at radius 2 is 1.81 bits per heavy atom. The van der Waals surface area contributed by atoms with Gasteiger partial charge in [0.25, 0.3) is 5.91 Å². The summed E-state index contributed by atoms with van der Waals surface area (Å²) in [5.41, 5.74) is 3.73. The second kappa shape index (κ2) is 7.59. The number of carbonyl (C=O) groups is 1. The predicted octanol–water partition coefficient (Wildman–Crippen LogP) is 5.92. The van der Waals surface area contributed by atoms with Gasteiger partial charge < -0.3 is 10.1 Å². The van der Waals surface area contributed by atoms with Gasteiger partial charge in [-0.3, -0.25) is 4.79 Å². The van der Waals surface area contributed by atoms with Crippen LogP contribution in [-0.4, -0.2) is 10.9 Å². The number of fused-ring (bicyclic) bond motifs is 1. The summed E-state index contributed by atoms with van der Waals surface area (Å²) in [6, 6.07) is 14.3. The molecule has 0 unspecified atom stereocenters. The molecule has 0 atom stereocenters. The third kappa shape index (κ3) is 4.07. The Morgan fingerprint density at radius 1 is 0.963 bits per heavy atom. The first-order valence-electron chi connectivity index (χ1n) is 8.60. The summed E-state index contributed by atoms with van der Waals surface area (Å²) in [5, 5.41) is 3.51. The molecule has 0 spiro atoms. The lowest BCUT2D eigenvalue weighted by atomic mass is 10.1. The molecule has 1 amide bonds. The number of nitrogens with zero attached hydrogens (tertiary/aromatic N) is 1. The van der Waals surface area contributed by atoms with Gasteiger partial charge in [0.15, 0.2) is 0 Å². The number of aryl methyl sites for hydroxylation is 2. The van der Waals surface area contributed by atoms with Crippen molar-refractivity contribution in [2.45, 2.75) is 19.3 Å². The summed E-state index contributed by atoms with van der Waals surface area (Å²) >= 11 is 11.8. The SMILES string of the molecule is O=C(Nc1ccc(Oc2ccc3c(c2)CCC3)nc1)c1ccc(Cl)c(Cl)c1. The Labute approximate surface area is 167 Å². The van der Waals surface area contributed by atoms with Crippen molar-refractivity contribution >= 4 is 34.8 Å². The molecule has 0 radical (unpaired) electrons. The molecule has 0 saturated carbocycles. The van der Waals surface area contributed by atoms with Crippen molar-refractivity contribution in [3.63, 3.8) is 0 Å². The van der Waals surface area contributed by atoms with Crippen LogP contribution in [0.15, 0.2) is 54.7 Å². The Bertz CT molecular complexity index is 1000. The van der Waals surface area contributed by atoms with Crippen LogP contribution < -0.4 is 10.1 Å². The van der Waals surface area contributed by atoms with Crippen LogP contribution in [0, 0.1) is 0 Å². The summed E-state index contributed by atoms with van der Waals surface area (Å²) in [5.74, 6) is 0.957. The van der Waals surface area contributed by atoms with Crippen LogP contribution in [0.3, 0.4) is 0 Å². The largest absolute Gasteiger partial charge is 0.439 e. The van der Waals surface area contributed by atoms with E-state index in [0.29, 0.717) is 27.2 Å². The Hall–Kier alpha value is -2.56. The number of carbonyl (C=O) groups excluding carboxylic acids is 1. The van der Waals surface area contributed by atoms with E-state index in [1.165, 1.54) is 23.6 Å². The molecule has 4 nitrogen and oxygen atoms in total. The highest BCUT2D eigenvalue weighted by Gasteiger charge is 2.12. The van der Waals surface area contributed by atoms with Crippen LogP contribution in [-0.2, 0) is 12.8 Å². The molecule has 1 aliphatic carbocycles. The molecule has 6 heteroatoms. The zero-order chi connectivity index (χ0) is 18.8. The average molecular weight is 399 g/mol. The fourth-order valence-corrected chi connectivity index (χ4v) is 3.39. The molecular formula is C21H16Cl2N2O2. The van der Waals surface area contributed by atoms with Gasteiger partial charge in [-0.25, -0.2) is 4.98 Å². The van der Waals surface area contributed by atoms with E-state index in [2.05, 4.69) is 22.4 Å². The quantitative estimate of drug-likeness (QED) is 0.592. The van der Waals surface area contributed by atoms with E-state index in [4.69, 9.17) is 27.9 Å². The van der Waals surface area contributed by atoms with Gasteiger partial charge in [-0.2, -0.15) is 0 Å². The number of amides is 1. The van der Waals surface area contributed by atoms with E-state index in [9.17, 15) is 4.79 Å². The highest BCUT2D eigenvalue weighted by Crippen LogP contribution is 2.28. The summed E-state index contributed by atoms with van der Waals surface area (Å²) in [6.07, 6.45) is 4.99. The Kier molecular flexibility index (Phi) is 5.01. The van der Waals surface area contributed by atoms with Crippen LogP contribution in [0.4, 0.5) is 5.69 Å². The van der Waals surface area contributed by atoms with Crippen LogP contribution in [0.2, 0.25) is 10.0 Å². The van der Waals surface area contributed by atoms with E-state index >= 15 is 0 Å². The monoisotopic (exact) mass is 398 g/mol. The molecule has 1 aromatic heterocycles. The van der Waals surface area contributed by atoms with Gasteiger partial charge in [-0.05, 0) is 66.8 Å². The van der Waals surface area contributed by atoms with E-state index in [1.54, 1.807) is 30.5 Å².